The fourth-order valence-electron chi connectivity index (χ4n) is 3.08. The number of rotatable bonds is 8. The minimum atomic E-state index is -3.28. The molecule has 1 heterocycles. The van der Waals surface area contributed by atoms with Gasteiger partial charge in [-0.2, -0.15) is 0 Å². The molecule has 1 aromatic rings. The third kappa shape index (κ3) is 6.55. The lowest BCUT2D eigenvalue weighted by molar-refractivity contribution is -0.129. The van der Waals surface area contributed by atoms with Gasteiger partial charge in [0, 0.05) is 25.2 Å². The molecule has 0 aromatic heterocycles. The number of sulfonamides is 1. The summed E-state index contributed by atoms with van der Waals surface area (Å²) in [7, 11) is -1.70. The Kier molecular flexibility index (Phi) is 7.67. The van der Waals surface area contributed by atoms with Crippen LogP contribution in [0, 0.1) is 0 Å². The third-order valence-corrected chi connectivity index (χ3v) is 5.09. The van der Waals surface area contributed by atoms with Crippen molar-refractivity contribution in [2.24, 2.45) is 0 Å². The van der Waals surface area contributed by atoms with Crippen molar-refractivity contribution in [3.05, 3.63) is 29.8 Å². The Labute approximate surface area is 161 Å². The number of piperidine rings is 1. The summed E-state index contributed by atoms with van der Waals surface area (Å²) in [5, 5.41) is 0. The van der Waals surface area contributed by atoms with E-state index in [0.717, 1.165) is 31.1 Å². The topological polar surface area (TPSA) is 84.9 Å². The van der Waals surface area contributed by atoms with Crippen molar-refractivity contribution in [2.45, 2.75) is 32.2 Å². The van der Waals surface area contributed by atoms with Crippen LogP contribution in [0.15, 0.2) is 24.3 Å². The summed E-state index contributed by atoms with van der Waals surface area (Å²) in [5.74, 6) is 1.15. The van der Waals surface area contributed by atoms with E-state index >= 15 is 0 Å². The maximum absolute atomic E-state index is 12.6. The number of likely N-dealkylation sites (tertiary alicyclic amines) is 1. The quantitative estimate of drug-likeness (QED) is 0.680. The van der Waals surface area contributed by atoms with Gasteiger partial charge in [0.05, 0.1) is 20.0 Å². The fraction of sp³-hybridized carbons (Fsp3) is 0.526. The van der Waals surface area contributed by atoms with Gasteiger partial charge in [-0.15, -0.1) is 0 Å². The first-order valence-corrected chi connectivity index (χ1v) is 11.0. The van der Waals surface area contributed by atoms with E-state index in [9.17, 15) is 13.2 Å². The Morgan fingerprint density at radius 3 is 2.78 bits per heavy atom. The second-order valence-electron chi connectivity index (χ2n) is 6.48. The standard InChI is InChI=1S/C19H28N2O5S/c1-4-26-18-13-15(8-10-17(18)25-2)9-11-19(22)21-12-6-5-7-16(21)14-20-27(3,23)24/h8-11,13,16,20H,4-7,12,14H2,1-3H3/b11-9+. The van der Waals surface area contributed by atoms with Crippen LogP contribution in [-0.4, -0.2) is 58.3 Å². The molecule has 0 bridgehead atoms. The zero-order valence-corrected chi connectivity index (χ0v) is 16.9. The normalized spacial score (nSPS) is 17.9. The summed E-state index contributed by atoms with van der Waals surface area (Å²) in [6.07, 6.45) is 7.09. The van der Waals surface area contributed by atoms with E-state index in [1.807, 2.05) is 19.1 Å². The van der Waals surface area contributed by atoms with Crippen molar-refractivity contribution < 1.29 is 22.7 Å². The van der Waals surface area contributed by atoms with Crippen molar-refractivity contribution in [3.63, 3.8) is 0 Å². The van der Waals surface area contributed by atoms with E-state index < -0.39 is 10.0 Å². The molecule has 0 spiro atoms. The van der Waals surface area contributed by atoms with Crippen LogP contribution in [0.1, 0.15) is 31.7 Å². The molecule has 1 atom stereocenters. The highest BCUT2D eigenvalue weighted by atomic mass is 32.2. The maximum Gasteiger partial charge on any atom is 0.246 e. The molecule has 1 saturated heterocycles. The number of methoxy groups -OCH3 is 1. The molecule has 1 aliphatic heterocycles. The molecule has 1 fully saturated rings. The van der Waals surface area contributed by atoms with E-state index in [1.165, 1.54) is 6.08 Å². The Morgan fingerprint density at radius 1 is 1.33 bits per heavy atom. The van der Waals surface area contributed by atoms with Crippen LogP contribution >= 0.6 is 0 Å². The highest BCUT2D eigenvalue weighted by Crippen LogP contribution is 2.28. The number of nitrogens with zero attached hydrogens (tertiary/aromatic N) is 1. The summed E-state index contributed by atoms with van der Waals surface area (Å²) in [6, 6.07) is 5.35. The molecule has 1 unspecified atom stereocenters. The van der Waals surface area contributed by atoms with Crippen LogP contribution in [0.4, 0.5) is 0 Å². The molecular weight excluding hydrogens is 368 g/mol. The third-order valence-electron chi connectivity index (χ3n) is 4.40. The van der Waals surface area contributed by atoms with Crippen molar-refractivity contribution in [2.75, 3.05) is 33.1 Å². The second-order valence-corrected chi connectivity index (χ2v) is 8.31. The second kappa shape index (κ2) is 9.75. The molecule has 8 heteroatoms. The van der Waals surface area contributed by atoms with E-state index in [1.54, 1.807) is 24.2 Å². The summed E-state index contributed by atoms with van der Waals surface area (Å²) < 4.78 is 36.0. The van der Waals surface area contributed by atoms with Gasteiger partial charge in [-0.3, -0.25) is 4.79 Å². The zero-order chi connectivity index (χ0) is 19.9. The minimum Gasteiger partial charge on any atom is -0.493 e. The van der Waals surface area contributed by atoms with Crippen LogP contribution in [0.25, 0.3) is 6.08 Å². The highest BCUT2D eigenvalue weighted by Gasteiger charge is 2.25. The summed E-state index contributed by atoms with van der Waals surface area (Å²) >= 11 is 0. The smallest absolute Gasteiger partial charge is 0.246 e. The van der Waals surface area contributed by atoms with Crippen LogP contribution in [0.3, 0.4) is 0 Å². The monoisotopic (exact) mass is 396 g/mol. The number of ether oxygens (including phenoxy) is 2. The molecule has 150 valence electrons. The van der Waals surface area contributed by atoms with Crippen LogP contribution in [0.5, 0.6) is 11.5 Å². The number of carbonyl (C=O) groups is 1. The van der Waals surface area contributed by atoms with Crippen molar-refractivity contribution in [1.29, 1.82) is 0 Å². The molecule has 0 aliphatic carbocycles. The van der Waals surface area contributed by atoms with Gasteiger partial charge in [0.25, 0.3) is 0 Å². The average Bonchev–Trinajstić information content (AvgIpc) is 2.64. The first-order valence-electron chi connectivity index (χ1n) is 9.08. The van der Waals surface area contributed by atoms with E-state index in [2.05, 4.69) is 4.72 Å². The van der Waals surface area contributed by atoms with Gasteiger partial charge in [-0.1, -0.05) is 6.07 Å². The number of carbonyl (C=O) groups excluding carboxylic acids is 1. The number of amides is 1. The minimum absolute atomic E-state index is 0.122. The van der Waals surface area contributed by atoms with Gasteiger partial charge in [0.1, 0.15) is 0 Å². The van der Waals surface area contributed by atoms with Crippen molar-refractivity contribution in [1.82, 2.24) is 9.62 Å². The zero-order valence-electron chi connectivity index (χ0n) is 16.1. The largest absolute Gasteiger partial charge is 0.493 e. The lowest BCUT2D eigenvalue weighted by Gasteiger charge is -2.35. The van der Waals surface area contributed by atoms with Gasteiger partial charge in [-0.25, -0.2) is 13.1 Å². The molecule has 1 aliphatic rings. The summed E-state index contributed by atoms with van der Waals surface area (Å²) in [6.45, 7) is 3.29. The van der Waals surface area contributed by atoms with Gasteiger partial charge in [0.2, 0.25) is 15.9 Å². The molecule has 1 amide bonds. The Morgan fingerprint density at radius 2 is 2.11 bits per heavy atom. The lowest BCUT2D eigenvalue weighted by atomic mass is 10.0. The molecule has 0 saturated carbocycles. The van der Waals surface area contributed by atoms with Crippen LogP contribution in [0.2, 0.25) is 0 Å². The SMILES string of the molecule is CCOc1cc(/C=C/C(=O)N2CCCCC2CNS(C)(=O)=O)ccc1OC. The van der Waals surface area contributed by atoms with Crippen LogP contribution in [-0.2, 0) is 14.8 Å². The Hall–Kier alpha value is -2.06. The van der Waals surface area contributed by atoms with E-state index in [-0.39, 0.29) is 18.5 Å². The van der Waals surface area contributed by atoms with Gasteiger partial charge >= 0.3 is 0 Å². The lowest BCUT2D eigenvalue weighted by Crippen LogP contribution is -2.48. The molecular formula is C19H28N2O5S. The predicted octanol–water partition coefficient (Wildman–Crippen LogP) is 2.04. The van der Waals surface area contributed by atoms with Crippen molar-refractivity contribution in [3.8, 4) is 11.5 Å². The van der Waals surface area contributed by atoms with Gasteiger partial charge in [-0.05, 0) is 50.0 Å². The molecule has 27 heavy (non-hydrogen) atoms. The first-order chi connectivity index (χ1) is 12.8. The maximum atomic E-state index is 12.6. The first kappa shape index (κ1) is 21.2. The molecule has 1 N–H and O–H groups in total. The van der Waals surface area contributed by atoms with E-state index in [0.29, 0.717) is 24.7 Å². The predicted molar refractivity (Wildman–Crippen MR) is 105 cm³/mol. The molecule has 1 aromatic carbocycles. The van der Waals surface area contributed by atoms with Crippen molar-refractivity contribution >= 4 is 22.0 Å². The average molecular weight is 397 g/mol. The molecule has 0 radical (unpaired) electrons. The van der Waals surface area contributed by atoms with Gasteiger partial charge in [0.15, 0.2) is 11.5 Å². The Balaban J connectivity index is 2.08. The van der Waals surface area contributed by atoms with Crippen LogP contribution < -0.4 is 14.2 Å². The number of hydrogen-bond acceptors (Lipinski definition) is 5. The summed E-state index contributed by atoms with van der Waals surface area (Å²) in [4.78, 5) is 14.4. The van der Waals surface area contributed by atoms with Gasteiger partial charge < -0.3 is 14.4 Å². The molecule has 7 nitrogen and oxygen atoms in total. The summed E-state index contributed by atoms with van der Waals surface area (Å²) in [5.41, 5.74) is 0.829. The number of hydrogen-bond donors (Lipinski definition) is 1. The van der Waals surface area contributed by atoms with E-state index in [4.69, 9.17) is 9.47 Å². The molecule has 2 rings (SSSR count). The number of nitrogens with one attached hydrogen (secondary N) is 1. The Bertz CT molecular complexity index is 776. The fourth-order valence-corrected chi connectivity index (χ4v) is 3.57. The number of benzene rings is 1. The highest BCUT2D eigenvalue weighted by molar-refractivity contribution is 7.88.